The first kappa shape index (κ1) is 28.4. The molecule has 0 radical (unpaired) electrons. The molecule has 0 fully saturated rings. The third-order valence-corrected chi connectivity index (χ3v) is 7.30. The highest BCUT2D eigenvalue weighted by molar-refractivity contribution is 5.88. The van der Waals surface area contributed by atoms with Crippen LogP contribution in [0, 0.1) is 20.8 Å². The zero-order valence-electron chi connectivity index (χ0n) is 23.5. The molecule has 0 saturated heterocycles. The first-order valence-corrected chi connectivity index (χ1v) is 13.0. The fourth-order valence-corrected chi connectivity index (χ4v) is 4.36. The summed E-state index contributed by atoms with van der Waals surface area (Å²) in [5, 5.41) is 2.26. The summed E-state index contributed by atoms with van der Waals surface area (Å²) in [7, 11) is 1.66. The van der Waals surface area contributed by atoms with Gasteiger partial charge in [0.25, 0.3) is 0 Å². The number of Topliss-reactive ketones (excluding diaryl/α,β-unsaturated/α-hetero) is 1. The van der Waals surface area contributed by atoms with E-state index in [4.69, 9.17) is 9.47 Å². The molecule has 1 aliphatic heterocycles. The molecule has 4 rings (SSSR count). The summed E-state index contributed by atoms with van der Waals surface area (Å²) in [6, 6.07) is 14.3. The van der Waals surface area contributed by atoms with Gasteiger partial charge in [-0.3, -0.25) is 4.79 Å². The lowest BCUT2D eigenvalue weighted by Gasteiger charge is -2.37. The number of rotatable bonds is 4. The average molecular weight is 477 g/mol. The fourth-order valence-electron chi connectivity index (χ4n) is 4.36. The molecule has 0 amide bonds. The Hall–Kier alpha value is -2.81. The predicted octanol–water partition coefficient (Wildman–Crippen LogP) is 8.67. The maximum absolute atomic E-state index is 11.4. The van der Waals surface area contributed by atoms with Gasteiger partial charge in [-0.15, -0.1) is 0 Å². The van der Waals surface area contributed by atoms with E-state index < -0.39 is 0 Å². The number of fused-ring (bicyclic) bond motifs is 2. The smallest absolute Gasteiger partial charge is 0.136 e. The number of carbonyl (C=O) groups is 1. The van der Waals surface area contributed by atoms with Crippen LogP contribution in [-0.2, 0) is 11.2 Å². The number of aryl methyl sites for hydroxylation is 2. The molecule has 3 heteroatoms. The average Bonchev–Trinajstić information content (AvgIpc) is 2.87. The molecule has 2 atom stereocenters. The highest BCUT2D eigenvalue weighted by atomic mass is 16.5. The number of methoxy groups -OCH3 is 1. The Morgan fingerprint density at radius 1 is 1.03 bits per heavy atom. The summed E-state index contributed by atoms with van der Waals surface area (Å²) >= 11 is 0. The Morgan fingerprint density at radius 2 is 1.66 bits per heavy atom. The van der Waals surface area contributed by atoms with Crippen LogP contribution in [0.5, 0.6) is 11.5 Å². The molecule has 0 saturated carbocycles. The van der Waals surface area contributed by atoms with Crippen molar-refractivity contribution in [3.8, 4) is 11.5 Å². The monoisotopic (exact) mass is 476 g/mol. The van der Waals surface area contributed by atoms with E-state index in [9.17, 15) is 4.79 Å². The molecule has 3 aromatic carbocycles. The van der Waals surface area contributed by atoms with E-state index in [1.54, 1.807) is 14.0 Å². The maximum Gasteiger partial charge on any atom is 0.136 e. The van der Waals surface area contributed by atoms with Crippen molar-refractivity contribution in [3.63, 3.8) is 0 Å². The summed E-state index contributed by atoms with van der Waals surface area (Å²) < 4.78 is 11.4. The third kappa shape index (κ3) is 6.66. The fraction of sp³-hybridized carbons (Fsp3) is 0.469. The first-order chi connectivity index (χ1) is 16.6. The normalized spacial score (nSPS) is 17.1. The van der Waals surface area contributed by atoms with Crippen molar-refractivity contribution in [1.29, 1.82) is 0 Å². The van der Waals surface area contributed by atoms with E-state index in [1.807, 2.05) is 51.1 Å². The van der Waals surface area contributed by atoms with Gasteiger partial charge in [0.15, 0.2) is 0 Å². The molecule has 35 heavy (non-hydrogen) atoms. The molecule has 0 aliphatic carbocycles. The number of ether oxygens (including phenoxy) is 2. The Morgan fingerprint density at radius 3 is 2.26 bits per heavy atom. The first-order valence-electron chi connectivity index (χ1n) is 13.0. The molecule has 3 nitrogen and oxygen atoms in total. The van der Waals surface area contributed by atoms with Gasteiger partial charge in [0.1, 0.15) is 22.9 Å². The quantitative estimate of drug-likeness (QED) is 0.378. The second kappa shape index (κ2) is 12.2. The molecule has 3 aromatic rings. The second-order valence-corrected chi connectivity index (χ2v) is 9.65. The summed E-state index contributed by atoms with van der Waals surface area (Å²) in [5.41, 5.74) is 6.58. The van der Waals surface area contributed by atoms with Crippen LogP contribution in [0.25, 0.3) is 10.8 Å². The van der Waals surface area contributed by atoms with Crippen LogP contribution >= 0.6 is 0 Å². The number of ketones is 1. The lowest BCUT2D eigenvalue weighted by molar-refractivity contribution is -0.118. The van der Waals surface area contributed by atoms with Crippen LogP contribution in [0.4, 0.5) is 0 Å². The van der Waals surface area contributed by atoms with Crippen molar-refractivity contribution in [1.82, 2.24) is 0 Å². The molecular weight excluding hydrogens is 432 g/mol. The number of hydrogen-bond acceptors (Lipinski definition) is 3. The minimum atomic E-state index is -0.0403. The highest BCUT2D eigenvalue weighted by Crippen LogP contribution is 2.40. The van der Waals surface area contributed by atoms with Gasteiger partial charge in [0.05, 0.1) is 7.11 Å². The van der Waals surface area contributed by atoms with E-state index in [2.05, 4.69) is 46.8 Å². The summed E-state index contributed by atoms with van der Waals surface area (Å²) in [4.78, 5) is 11.4. The van der Waals surface area contributed by atoms with E-state index in [0.29, 0.717) is 0 Å². The Kier molecular flexibility index (Phi) is 9.94. The Labute approximate surface area is 212 Å². The predicted molar refractivity (Wildman–Crippen MR) is 149 cm³/mol. The largest absolute Gasteiger partial charge is 0.497 e. The topological polar surface area (TPSA) is 35.5 Å². The second-order valence-electron chi connectivity index (χ2n) is 9.65. The standard InChI is InChI=1S/C15H16O2.C15H22O.C2H6/c1-10(11(2)16)12-4-5-14-9-15(17-3)7-6-13(14)8-12;1-6-15(5)8-7-13-11(3)9-10(2)12(4)14(13)16-15;1-2/h4-10H,1-3H3;9H,6-8H2,1-5H3;1-2H3. The summed E-state index contributed by atoms with van der Waals surface area (Å²) in [6.07, 6.45) is 3.38. The zero-order chi connectivity index (χ0) is 26.3. The van der Waals surface area contributed by atoms with Crippen molar-refractivity contribution in [2.45, 2.75) is 93.1 Å². The summed E-state index contributed by atoms with van der Waals surface area (Å²) in [5.74, 6) is 2.16. The molecule has 190 valence electrons. The minimum Gasteiger partial charge on any atom is -0.497 e. The number of benzene rings is 3. The zero-order valence-corrected chi connectivity index (χ0v) is 23.5. The van der Waals surface area contributed by atoms with Crippen LogP contribution in [0.1, 0.15) is 88.1 Å². The van der Waals surface area contributed by atoms with E-state index in [-0.39, 0.29) is 17.3 Å². The van der Waals surface area contributed by atoms with Crippen molar-refractivity contribution in [3.05, 3.63) is 70.3 Å². The summed E-state index contributed by atoms with van der Waals surface area (Å²) in [6.45, 7) is 18.5. The Bertz CT molecular complexity index is 1160. The van der Waals surface area contributed by atoms with E-state index in [0.717, 1.165) is 47.1 Å². The third-order valence-electron chi connectivity index (χ3n) is 7.30. The lowest BCUT2D eigenvalue weighted by atomic mass is 9.86. The van der Waals surface area contributed by atoms with Gasteiger partial charge in [-0.05, 0) is 105 Å². The van der Waals surface area contributed by atoms with E-state index in [1.165, 1.54) is 22.3 Å². The van der Waals surface area contributed by atoms with Crippen LogP contribution in [-0.4, -0.2) is 18.5 Å². The van der Waals surface area contributed by atoms with Gasteiger partial charge < -0.3 is 9.47 Å². The van der Waals surface area contributed by atoms with Crippen LogP contribution in [0.2, 0.25) is 0 Å². The van der Waals surface area contributed by atoms with Crippen LogP contribution < -0.4 is 9.47 Å². The minimum absolute atomic E-state index is 0.0397. The van der Waals surface area contributed by atoms with Crippen LogP contribution in [0.3, 0.4) is 0 Å². The van der Waals surface area contributed by atoms with Crippen molar-refractivity contribution < 1.29 is 14.3 Å². The molecular formula is C32H44O3. The highest BCUT2D eigenvalue weighted by Gasteiger charge is 2.31. The van der Waals surface area contributed by atoms with Gasteiger partial charge in [0, 0.05) is 5.92 Å². The van der Waals surface area contributed by atoms with E-state index >= 15 is 0 Å². The number of hydrogen-bond donors (Lipinski definition) is 0. The molecule has 1 aliphatic rings. The molecule has 0 bridgehead atoms. The molecule has 2 unspecified atom stereocenters. The van der Waals surface area contributed by atoms with Gasteiger partial charge in [0.2, 0.25) is 0 Å². The van der Waals surface area contributed by atoms with Gasteiger partial charge in [-0.25, -0.2) is 0 Å². The molecule has 0 N–H and O–H groups in total. The SMILES string of the molecule is CC.CCC1(C)CCc2c(C)cc(C)c(C)c2O1.COc1ccc2cc(C(C)C(C)=O)ccc2c1. The lowest BCUT2D eigenvalue weighted by Crippen LogP contribution is -2.36. The van der Waals surface area contributed by atoms with Crippen molar-refractivity contribution in [2.75, 3.05) is 7.11 Å². The van der Waals surface area contributed by atoms with Crippen LogP contribution in [0.15, 0.2) is 42.5 Å². The van der Waals surface area contributed by atoms with Gasteiger partial charge in [-0.2, -0.15) is 0 Å². The molecule has 0 aromatic heterocycles. The number of carbonyl (C=O) groups excluding carboxylic acids is 1. The molecule has 1 heterocycles. The molecule has 0 spiro atoms. The van der Waals surface area contributed by atoms with Crippen molar-refractivity contribution in [2.24, 2.45) is 0 Å². The van der Waals surface area contributed by atoms with Crippen molar-refractivity contribution >= 4 is 16.6 Å². The Balaban J connectivity index is 0.000000231. The van der Waals surface area contributed by atoms with Gasteiger partial charge in [-0.1, -0.05) is 58.0 Å². The van der Waals surface area contributed by atoms with Gasteiger partial charge >= 0.3 is 0 Å². The maximum atomic E-state index is 11.4.